The van der Waals surface area contributed by atoms with E-state index in [1.54, 1.807) is 0 Å². The van der Waals surface area contributed by atoms with Gasteiger partial charge in [-0.3, -0.25) is 4.79 Å². The van der Waals surface area contributed by atoms with Gasteiger partial charge >= 0.3 is 5.97 Å². The lowest BCUT2D eigenvalue weighted by Crippen LogP contribution is -2.40. The van der Waals surface area contributed by atoms with Crippen molar-refractivity contribution in [1.29, 1.82) is 5.26 Å². The van der Waals surface area contributed by atoms with E-state index in [4.69, 9.17) is 16.8 Å². The summed E-state index contributed by atoms with van der Waals surface area (Å²) < 4.78 is 25.8. The van der Waals surface area contributed by atoms with Gasteiger partial charge in [-0.1, -0.05) is 0 Å². The maximum absolute atomic E-state index is 11.9. The minimum Gasteiger partial charge on any atom is -0.480 e. The molecule has 0 radical (unpaired) electrons. The summed E-state index contributed by atoms with van der Waals surface area (Å²) in [5.41, 5.74) is 0.303. The molecule has 1 aromatic carbocycles. The Balaban J connectivity index is 3.00. The highest BCUT2D eigenvalue weighted by molar-refractivity contribution is 7.89. The van der Waals surface area contributed by atoms with Gasteiger partial charge in [0.1, 0.15) is 6.04 Å². The Morgan fingerprint density at radius 1 is 1.42 bits per heavy atom. The molecule has 0 aromatic heterocycles. The van der Waals surface area contributed by atoms with Crippen LogP contribution in [0.3, 0.4) is 0 Å². The molecule has 0 spiro atoms. The molecule has 0 bridgehead atoms. The van der Waals surface area contributed by atoms with Crippen molar-refractivity contribution in [2.24, 2.45) is 0 Å². The van der Waals surface area contributed by atoms with Crippen LogP contribution >= 0.6 is 0 Å². The van der Waals surface area contributed by atoms with Gasteiger partial charge in [-0.2, -0.15) is 9.98 Å². The van der Waals surface area contributed by atoms with Crippen LogP contribution in [0.25, 0.3) is 0 Å². The van der Waals surface area contributed by atoms with Gasteiger partial charge in [-0.25, -0.2) is 8.42 Å². The first kappa shape index (κ1) is 14.7. The predicted octanol–water partition coefficient (Wildman–Crippen LogP) is 0.313. The minimum atomic E-state index is -3.99. The highest BCUT2D eigenvalue weighted by Crippen LogP contribution is 2.11. The number of rotatable bonds is 5. The fourth-order valence-corrected chi connectivity index (χ4v) is 2.45. The Kier molecular flexibility index (Phi) is 4.65. The third-order valence-electron chi connectivity index (χ3n) is 2.21. The van der Waals surface area contributed by atoms with Crippen LogP contribution in [0.15, 0.2) is 29.2 Å². The molecule has 6 nitrogen and oxygen atoms in total. The quantitative estimate of drug-likeness (QED) is 0.754. The van der Waals surface area contributed by atoms with Crippen LogP contribution in [-0.2, 0) is 14.8 Å². The topological polar surface area (TPSA) is 107 Å². The zero-order valence-corrected chi connectivity index (χ0v) is 10.5. The molecule has 1 aromatic rings. The first-order valence-corrected chi connectivity index (χ1v) is 6.58. The van der Waals surface area contributed by atoms with Crippen molar-refractivity contribution in [1.82, 2.24) is 4.72 Å². The number of nitriles is 1. The maximum Gasteiger partial charge on any atom is 0.322 e. The molecule has 0 saturated carbocycles. The number of benzene rings is 1. The second-order valence-corrected chi connectivity index (χ2v) is 5.27. The van der Waals surface area contributed by atoms with Crippen molar-refractivity contribution in [2.45, 2.75) is 17.4 Å². The van der Waals surface area contributed by atoms with Gasteiger partial charge in [0.25, 0.3) is 0 Å². The highest BCUT2D eigenvalue weighted by atomic mass is 32.2. The van der Waals surface area contributed by atoms with Crippen LogP contribution in [0.5, 0.6) is 0 Å². The zero-order chi connectivity index (χ0) is 14.5. The first-order chi connectivity index (χ1) is 8.90. The number of terminal acetylenes is 1. The summed E-state index contributed by atoms with van der Waals surface area (Å²) in [5.74, 6) is 0.739. The van der Waals surface area contributed by atoms with E-state index in [0.29, 0.717) is 5.56 Å². The lowest BCUT2D eigenvalue weighted by molar-refractivity contribution is -0.138. The average molecular weight is 278 g/mol. The van der Waals surface area contributed by atoms with E-state index in [0.717, 1.165) is 0 Å². The largest absolute Gasteiger partial charge is 0.480 e. The molecule has 0 fully saturated rings. The summed E-state index contributed by atoms with van der Waals surface area (Å²) in [6.45, 7) is 0. The van der Waals surface area contributed by atoms with Gasteiger partial charge in [0.15, 0.2) is 0 Å². The molecule has 19 heavy (non-hydrogen) atoms. The molecular weight excluding hydrogens is 268 g/mol. The standard InChI is InChI=1S/C12H10N2O4S/c1-2-3-11(12(15)16)14-19(17,18)10-6-4-9(8-13)5-7-10/h1,4-7,11,14H,3H2,(H,15,16). The molecule has 0 aliphatic heterocycles. The van der Waals surface area contributed by atoms with Crippen LogP contribution in [0.1, 0.15) is 12.0 Å². The van der Waals surface area contributed by atoms with Crippen LogP contribution in [-0.4, -0.2) is 25.5 Å². The van der Waals surface area contributed by atoms with E-state index < -0.39 is 22.0 Å². The fourth-order valence-electron chi connectivity index (χ4n) is 1.26. The fraction of sp³-hybridized carbons (Fsp3) is 0.167. The van der Waals surface area contributed by atoms with E-state index >= 15 is 0 Å². The first-order valence-electron chi connectivity index (χ1n) is 5.09. The number of hydrogen-bond acceptors (Lipinski definition) is 4. The van der Waals surface area contributed by atoms with Crippen molar-refractivity contribution in [3.05, 3.63) is 29.8 Å². The van der Waals surface area contributed by atoms with Crippen LogP contribution in [0.2, 0.25) is 0 Å². The van der Waals surface area contributed by atoms with Gasteiger partial charge in [0, 0.05) is 6.42 Å². The molecule has 1 rings (SSSR count). The summed E-state index contributed by atoms with van der Waals surface area (Å²) in [7, 11) is -3.99. The highest BCUT2D eigenvalue weighted by Gasteiger charge is 2.24. The van der Waals surface area contributed by atoms with Gasteiger partial charge in [0.2, 0.25) is 10.0 Å². The van der Waals surface area contributed by atoms with Crippen molar-refractivity contribution >= 4 is 16.0 Å². The maximum atomic E-state index is 11.9. The van der Waals surface area contributed by atoms with E-state index in [1.807, 2.05) is 10.8 Å². The van der Waals surface area contributed by atoms with Crippen LogP contribution in [0, 0.1) is 23.7 Å². The van der Waals surface area contributed by atoms with Gasteiger partial charge in [0.05, 0.1) is 16.5 Å². The summed E-state index contributed by atoms with van der Waals surface area (Å²) in [4.78, 5) is 10.7. The second-order valence-electron chi connectivity index (χ2n) is 3.56. The molecule has 1 unspecified atom stereocenters. The summed E-state index contributed by atoms with van der Waals surface area (Å²) in [6.07, 6.45) is 4.72. The van der Waals surface area contributed by atoms with Crippen molar-refractivity contribution in [2.75, 3.05) is 0 Å². The molecule has 0 heterocycles. The smallest absolute Gasteiger partial charge is 0.322 e. The SMILES string of the molecule is C#CCC(NS(=O)(=O)c1ccc(C#N)cc1)C(=O)O. The number of carboxylic acid groups (broad SMARTS) is 1. The van der Waals surface area contributed by atoms with Gasteiger partial charge in [-0.15, -0.1) is 12.3 Å². The van der Waals surface area contributed by atoms with Crippen molar-refractivity contribution < 1.29 is 18.3 Å². The number of nitrogens with one attached hydrogen (secondary N) is 1. The molecule has 98 valence electrons. The lowest BCUT2D eigenvalue weighted by atomic mass is 10.2. The van der Waals surface area contributed by atoms with Gasteiger partial charge < -0.3 is 5.11 Å². The summed E-state index contributed by atoms with van der Waals surface area (Å²) in [6, 6.07) is 5.55. The zero-order valence-electron chi connectivity index (χ0n) is 9.70. The normalized spacial score (nSPS) is 12.1. The third kappa shape index (κ3) is 3.81. The Morgan fingerprint density at radius 2 is 2.00 bits per heavy atom. The number of sulfonamides is 1. The molecule has 2 N–H and O–H groups in total. The minimum absolute atomic E-state index is 0.130. The third-order valence-corrected chi connectivity index (χ3v) is 3.70. The van der Waals surface area contributed by atoms with Gasteiger partial charge in [-0.05, 0) is 24.3 Å². The Hall–Kier alpha value is -2.35. The Labute approximate surface area is 110 Å². The lowest BCUT2D eigenvalue weighted by Gasteiger charge is -2.12. The molecule has 0 aliphatic rings. The van der Waals surface area contributed by atoms with Crippen molar-refractivity contribution in [3.8, 4) is 18.4 Å². The van der Waals surface area contributed by atoms with Crippen LogP contribution in [0.4, 0.5) is 0 Å². The average Bonchev–Trinajstić information content (AvgIpc) is 2.38. The van der Waals surface area contributed by atoms with E-state index in [2.05, 4.69) is 5.92 Å². The van der Waals surface area contributed by atoms with Crippen LogP contribution < -0.4 is 4.72 Å². The van der Waals surface area contributed by atoms with E-state index in [-0.39, 0.29) is 11.3 Å². The molecule has 0 aliphatic carbocycles. The molecule has 0 amide bonds. The summed E-state index contributed by atoms with van der Waals surface area (Å²) in [5, 5.41) is 17.4. The molecular formula is C12H10N2O4S. The Bertz CT molecular complexity index is 650. The monoisotopic (exact) mass is 278 g/mol. The summed E-state index contributed by atoms with van der Waals surface area (Å²) >= 11 is 0. The molecule has 7 heteroatoms. The Morgan fingerprint density at radius 3 is 2.42 bits per heavy atom. The number of hydrogen-bond donors (Lipinski definition) is 2. The predicted molar refractivity (Wildman–Crippen MR) is 66.4 cm³/mol. The number of nitrogens with zero attached hydrogens (tertiary/aromatic N) is 1. The van der Waals surface area contributed by atoms with Crippen molar-refractivity contribution in [3.63, 3.8) is 0 Å². The molecule has 1 atom stereocenters. The number of carboxylic acids is 1. The number of aliphatic carboxylic acids is 1. The number of carbonyl (C=O) groups is 1. The molecule has 0 saturated heterocycles. The van der Waals surface area contributed by atoms with E-state index in [9.17, 15) is 13.2 Å². The second kappa shape index (κ2) is 6.01. The van der Waals surface area contributed by atoms with E-state index in [1.165, 1.54) is 24.3 Å².